The first-order valence-electron chi connectivity index (χ1n) is 10.4. The summed E-state index contributed by atoms with van der Waals surface area (Å²) >= 11 is 6.48. The molecule has 0 saturated carbocycles. The van der Waals surface area contributed by atoms with Crippen molar-refractivity contribution >= 4 is 23.1 Å². The van der Waals surface area contributed by atoms with Crippen molar-refractivity contribution < 1.29 is 14.3 Å². The second-order valence-electron chi connectivity index (χ2n) is 7.57. The van der Waals surface area contributed by atoms with Crippen molar-refractivity contribution in [2.75, 3.05) is 7.11 Å². The third-order valence-electron chi connectivity index (χ3n) is 5.34. The summed E-state index contributed by atoms with van der Waals surface area (Å²) in [4.78, 5) is 20.8. The summed E-state index contributed by atoms with van der Waals surface area (Å²) in [6.45, 7) is 2.52. The lowest BCUT2D eigenvalue weighted by molar-refractivity contribution is -0.140. The van der Waals surface area contributed by atoms with Gasteiger partial charge in [0.1, 0.15) is 23.7 Å². The molecule has 1 unspecified atom stereocenters. The predicted molar refractivity (Wildman–Crippen MR) is 124 cm³/mol. The van der Waals surface area contributed by atoms with E-state index in [9.17, 15) is 4.79 Å². The fourth-order valence-corrected chi connectivity index (χ4v) is 3.85. The quantitative estimate of drug-likeness (QED) is 0.323. The molecule has 7 heteroatoms. The number of nitrogens with zero attached hydrogens (tertiary/aromatic N) is 3. The van der Waals surface area contributed by atoms with Crippen molar-refractivity contribution in [1.29, 1.82) is 0 Å². The fraction of sp³-hybridized carbons (Fsp3) is 0.240. The third kappa shape index (κ3) is 4.75. The number of hydrogen-bond acceptors (Lipinski definition) is 5. The lowest BCUT2D eigenvalue weighted by Crippen LogP contribution is -2.06. The zero-order valence-electron chi connectivity index (χ0n) is 18.0. The molecule has 4 aromatic rings. The number of fused-ring (bicyclic) bond motifs is 1. The predicted octanol–water partition coefficient (Wildman–Crippen LogP) is 5.69. The molecular formula is C25H24ClN3O3. The van der Waals surface area contributed by atoms with Crippen LogP contribution in [0.1, 0.15) is 37.1 Å². The number of benzene rings is 2. The molecule has 2 heterocycles. The van der Waals surface area contributed by atoms with Crippen LogP contribution in [0.4, 0.5) is 0 Å². The number of carbonyl (C=O) groups excluding carboxylic acids is 1. The summed E-state index contributed by atoms with van der Waals surface area (Å²) in [5.41, 5.74) is 3.44. The van der Waals surface area contributed by atoms with Crippen molar-refractivity contribution in [3.8, 4) is 17.0 Å². The molecule has 0 saturated heterocycles. The molecule has 1 atom stereocenters. The number of aromatic nitrogens is 3. The summed E-state index contributed by atoms with van der Waals surface area (Å²) in [6.07, 6.45) is 4.43. The first-order chi connectivity index (χ1) is 15.6. The zero-order chi connectivity index (χ0) is 22.5. The molecule has 4 rings (SSSR count). The minimum Gasteiger partial charge on any atom is -0.489 e. The minimum atomic E-state index is -0.235. The summed E-state index contributed by atoms with van der Waals surface area (Å²) in [5.74, 6) is 1.35. The van der Waals surface area contributed by atoms with Crippen LogP contribution in [0, 0.1) is 0 Å². The Labute approximate surface area is 191 Å². The Hall–Kier alpha value is -3.38. The van der Waals surface area contributed by atoms with Gasteiger partial charge in [-0.15, -0.1) is 0 Å². The highest BCUT2D eigenvalue weighted by molar-refractivity contribution is 6.33. The Morgan fingerprint density at radius 1 is 1.16 bits per heavy atom. The maximum atomic E-state index is 11.6. The number of esters is 1. The van der Waals surface area contributed by atoms with Gasteiger partial charge in [0.25, 0.3) is 0 Å². The molecular weight excluding hydrogens is 426 g/mol. The van der Waals surface area contributed by atoms with E-state index in [2.05, 4.69) is 4.98 Å². The minimum absolute atomic E-state index is 0.0197. The molecule has 0 fully saturated rings. The number of methoxy groups -OCH3 is 1. The molecule has 0 aliphatic heterocycles. The molecule has 0 amide bonds. The van der Waals surface area contributed by atoms with E-state index in [4.69, 9.17) is 26.1 Å². The van der Waals surface area contributed by atoms with Crippen molar-refractivity contribution in [3.05, 3.63) is 83.5 Å². The molecule has 164 valence electrons. The van der Waals surface area contributed by atoms with E-state index in [-0.39, 0.29) is 11.9 Å². The molecule has 0 aliphatic rings. The van der Waals surface area contributed by atoms with Crippen LogP contribution in [-0.2, 0) is 16.1 Å². The van der Waals surface area contributed by atoms with Crippen LogP contribution in [0.5, 0.6) is 5.75 Å². The van der Waals surface area contributed by atoms with Crippen LogP contribution < -0.4 is 4.74 Å². The number of hydrogen-bond donors (Lipinski definition) is 0. The lowest BCUT2D eigenvalue weighted by atomic mass is 10.1. The topological polar surface area (TPSA) is 65.7 Å². The SMILES string of the molecule is COC(=O)CCC(C)c1nc(-c2cccc(OCc3ccccc3)c2)c2c(Cl)nccn12. The highest BCUT2D eigenvalue weighted by Crippen LogP contribution is 2.34. The van der Waals surface area contributed by atoms with Crippen molar-refractivity contribution in [3.63, 3.8) is 0 Å². The number of carbonyl (C=O) groups is 1. The Morgan fingerprint density at radius 2 is 1.97 bits per heavy atom. The number of imidazole rings is 1. The van der Waals surface area contributed by atoms with Gasteiger partial charge in [0.05, 0.1) is 12.8 Å². The molecule has 32 heavy (non-hydrogen) atoms. The zero-order valence-corrected chi connectivity index (χ0v) is 18.7. The number of halogens is 1. The monoisotopic (exact) mass is 449 g/mol. The number of rotatable bonds is 8. The smallest absolute Gasteiger partial charge is 0.305 e. The van der Waals surface area contributed by atoms with Crippen molar-refractivity contribution in [1.82, 2.24) is 14.4 Å². The van der Waals surface area contributed by atoms with Gasteiger partial charge >= 0.3 is 5.97 Å². The van der Waals surface area contributed by atoms with E-state index in [1.807, 2.05) is 72.1 Å². The van der Waals surface area contributed by atoms with Crippen LogP contribution in [0.15, 0.2) is 67.0 Å². The van der Waals surface area contributed by atoms with E-state index in [1.54, 1.807) is 6.20 Å². The Morgan fingerprint density at radius 3 is 2.75 bits per heavy atom. The summed E-state index contributed by atoms with van der Waals surface area (Å²) in [7, 11) is 1.40. The molecule has 0 N–H and O–H groups in total. The highest BCUT2D eigenvalue weighted by Gasteiger charge is 2.21. The van der Waals surface area contributed by atoms with E-state index in [0.717, 1.165) is 33.9 Å². The summed E-state index contributed by atoms with van der Waals surface area (Å²) < 4.78 is 12.7. The summed E-state index contributed by atoms with van der Waals surface area (Å²) in [5, 5.41) is 0.372. The maximum Gasteiger partial charge on any atom is 0.305 e. The molecule has 2 aromatic carbocycles. The van der Waals surface area contributed by atoms with Gasteiger partial charge < -0.3 is 9.47 Å². The van der Waals surface area contributed by atoms with Crippen molar-refractivity contribution in [2.45, 2.75) is 32.3 Å². The van der Waals surface area contributed by atoms with Crippen LogP contribution in [-0.4, -0.2) is 27.4 Å². The second kappa shape index (κ2) is 9.83. The van der Waals surface area contributed by atoms with E-state index in [0.29, 0.717) is 24.6 Å². The standard InChI is InChI=1S/C25H24ClN3O3/c1-17(11-12-21(30)31-2)25-28-22(23-24(26)27-13-14-29(23)25)19-9-6-10-20(15-19)32-16-18-7-4-3-5-8-18/h3-10,13-15,17H,11-12,16H2,1-2H3. The van der Waals surface area contributed by atoms with Crippen LogP contribution in [0.3, 0.4) is 0 Å². The molecule has 2 aromatic heterocycles. The van der Waals surface area contributed by atoms with E-state index < -0.39 is 0 Å². The van der Waals surface area contributed by atoms with E-state index >= 15 is 0 Å². The van der Waals surface area contributed by atoms with Gasteiger partial charge in [0, 0.05) is 30.3 Å². The van der Waals surface area contributed by atoms with Crippen LogP contribution >= 0.6 is 11.6 Å². The van der Waals surface area contributed by atoms with Gasteiger partial charge in [-0.2, -0.15) is 0 Å². The Bertz CT molecular complexity index is 1220. The van der Waals surface area contributed by atoms with Gasteiger partial charge in [-0.05, 0) is 24.1 Å². The molecule has 0 bridgehead atoms. The van der Waals surface area contributed by atoms with Gasteiger partial charge in [-0.25, -0.2) is 9.97 Å². The summed E-state index contributed by atoms with van der Waals surface area (Å²) in [6, 6.07) is 17.8. The first kappa shape index (κ1) is 21.8. The second-order valence-corrected chi connectivity index (χ2v) is 7.93. The van der Waals surface area contributed by atoms with Gasteiger partial charge in [0.2, 0.25) is 0 Å². The van der Waals surface area contributed by atoms with E-state index in [1.165, 1.54) is 7.11 Å². The largest absolute Gasteiger partial charge is 0.489 e. The van der Waals surface area contributed by atoms with Crippen LogP contribution in [0.25, 0.3) is 16.8 Å². The first-order valence-corrected chi connectivity index (χ1v) is 10.8. The molecule has 0 spiro atoms. The van der Waals surface area contributed by atoms with Gasteiger partial charge in [-0.1, -0.05) is 61.0 Å². The normalized spacial score (nSPS) is 12.0. The van der Waals surface area contributed by atoms with Gasteiger partial charge in [-0.3, -0.25) is 9.20 Å². The lowest BCUT2D eigenvalue weighted by Gasteiger charge is -2.09. The fourth-order valence-electron chi connectivity index (χ4n) is 3.61. The Balaban J connectivity index is 1.66. The molecule has 0 radical (unpaired) electrons. The number of ether oxygens (including phenoxy) is 2. The Kier molecular flexibility index (Phi) is 6.71. The average Bonchev–Trinajstić information content (AvgIpc) is 3.23. The molecule has 0 aliphatic carbocycles. The highest BCUT2D eigenvalue weighted by atomic mass is 35.5. The van der Waals surface area contributed by atoms with Crippen LogP contribution in [0.2, 0.25) is 5.15 Å². The maximum absolute atomic E-state index is 11.6. The molecule has 6 nitrogen and oxygen atoms in total. The van der Waals surface area contributed by atoms with Crippen molar-refractivity contribution in [2.24, 2.45) is 0 Å². The average molecular weight is 450 g/mol. The third-order valence-corrected chi connectivity index (χ3v) is 5.62. The van der Waals surface area contributed by atoms with Gasteiger partial charge in [0.15, 0.2) is 5.15 Å².